The molecule has 0 fully saturated rings. The van der Waals surface area contributed by atoms with Gasteiger partial charge in [0.05, 0.1) is 11.8 Å². The van der Waals surface area contributed by atoms with Crippen molar-refractivity contribution in [1.82, 2.24) is 15.0 Å². The van der Waals surface area contributed by atoms with Crippen molar-refractivity contribution in [3.05, 3.63) is 42.6 Å². The second kappa shape index (κ2) is 5.02. The molecule has 0 saturated heterocycles. The van der Waals surface area contributed by atoms with E-state index >= 15 is 0 Å². The van der Waals surface area contributed by atoms with Gasteiger partial charge in [-0.1, -0.05) is 0 Å². The first kappa shape index (κ1) is 11.0. The number of carbonyl (C=O) groups excluding carboxylic acids is 1. The molecule has 0 aliphatic carbocycles. The first-order valence-electron chi connectivity index (χ1n) is 5.00. The molecular formula is C11H11N5O. The van der Waals surface area contributed by atoms with E-state index in [4.69, 9.17) is 0 Å². The Morgan fingerprint density at radius 2 is 2.00 bits per heavy atom. The molecule has 0 unspecified atom stereocenters. The number of nitrogens with zero attached hydrogens (tertiary/aromatic N) is 3. The molecule has 0 radical (unpaired) electrons. The zero-order valence-electron chi connectivity index (χ0n) is 9.21. The number of rotatable bonds is 3. The molecule has 6 heteroatoms. The molecule has 2 aromatic heterocycles. The van der Waals surface area contributed by atoms with Crippen molar-refractivity contribution in [1.29, 1.82) is 0 Å². The lowest BCUT2D eigenvalue weighted by Gasteiger charge is -2.07. The van der Waals surface area contributed by atoms with Crippen molar-refractivity contribution in [2.45, 2.75) is 0 Å². The van der Waals surface area contributed by atoms with Crippen molar-refractivity contribution in [2.24, 2.45) is 0 Å². The standard InChI is InChI=1S/C11H11N5O/c1-12-9-2-3-13-6-8(9)11(17)16-10-7-14-4-5-15-10/h2-7H,1H3,(H,12,13)(H,15,16,17). The summed E-state index contributed by atoms with van der Waals surface area (Å²) in [6.45, 7) is 0. The van der Waals surface area contributed by atoms with E-state index in [0.717, 1.165) is 0 Å². The lowest BCUT2D eigenvalue weighted by atomic mass is 10.2. The highest BCUT2D eigenvalue weighted by atomic mass is 16.1. The summed E-state index contributed by atoms with van der Waals surface area (Å²) >= 11 is 0. The first-order chi connectivity index (χ1) is 8.31. The zero-order valence-corrected chi connectivity index (χ0v) is 9.21. The Hall–Kier alpha value is -2.50. The van der Waals surface area contributed by atoms with Gasteiger partial charge in [-0.15, -0.1) is 0 Å². The molecule has 0 atom stereocenters. The molecule has 0 saturated carbocycles. The van der Waals surface area contributed by atoms with E-state index in [0.29, 0.717) is 17.1 Å². The topological polar surface area (TPSA) is 79.8 Å². The summed E-state index contributed by atoms with van der Waals surface area (Å²) in [4.78, 5) is 23.7. The van der Waals surface area contributed by atoms with Gasteiger partial charge in [-0.3, -0.25) is 14.8 Å². The zero-order chi connectivity index (χ0) is 12.1. The first-order valence-corrected chi connectivity index (χ1v) is 5.00. The monoisotopic (exact) mass is 229 g/mol. The van der Waals surface area contributed by atoms with E-state index in [1.807, 2.05) is 0 Å². The van der Waals surface area contributed by atoms with E-state index in [9.17, 15) is 4.79 Å². The van der Waals surface area contributed by atoms with Crippen molar-refractivity contribution >= 4 is 17.4 Å². The van der Waals surface area contributed by atoms with Crippen LogP contribution in [0.4, 0.5) is 11.5 Å². The maximum atomic E-state index is 11.9. The fourth-order valence-corrected chi connectivity index (χ4v) is 1.34. The Kier molecular flexibility index (Phi) is 3.25. The van der Waals surface area contributed by atoms with E-state index in [-0.39, 0.29) is 5.91 Å². The van der Waals surface area contributed by atoms with Crippen LogP contribution < -0.4 is 10.6 Å². The van der Waals surface area contributed by atoms with Crippen LogP contribution in [0.2, 0.25) is 0 Å². The molecule has 1 amide bonds. The molecule has 0 aromatic carbocycles. The lowest BCUT2D eigenvalue weighted by molar-refractivity contribution is 0.102. The molecule has 0 aliphatic rings. The summed E-state index contributed by atoms with van der Waals surface area (Å²) in [7, 11) is 1.74. The van der Waals surface area contributed by atoms with Gasteiger partial charge < -0.3 is 10.6 Å². The van der Waals surface area contributed by atoms with Crippen molar-refractivity contribution in [3.8, 4) is 0 Å². The molecule has 2 aromatic rings. The minimum Gasteiger partial charge on any atom is -0.387 e. The Bertz CT molecular complexity index is 514. The van der Waals surface area contributed by atoms with Crippen molar-refractivity contribution in [3.63, 3.8) is 0 Å². The smallest absolute Gasteiger partial charge is 0.260 e. The van der Waals surface area contributed by atoms with Crippen LogP contribution >= 0.6 is 0 Å². The van der Waals surface area contributed by atoms with Crippen LogP contribution in [-0.2, 0) is 0 Å². The van der Waals surface area contributed by atoms with Crippen LogP contribution in [0.25, 0.3) is 0 Å². The largest absolute Gasteiger partial charge is 0.387 e. The predicted octanol–water partition coefficient (Wildman–Crippen LogP) is 1.17. The fraction of sp³-hybridized carbons (Fsp3) is 0.0909. The van der Waals surface area contributed by atoms with Gasteiger partial charge in [-0.05, 0) is 6.07 Å². The maximum Gasteiger partial charge on any atom is 0.260 e. The predicted molar refractivity (Wildman–Crippen MR) is 63.8 cm³/mol. The fourth-order valence-electron chi connectivity index (χ4n) is 1.34. The van der Waals surface area contributed by atoms with E-state index in [1.165, 1.54) is 18.6 Å². The van der Waals surface area contributed by atoms with E-state index in [2.05, 4.69) is 25.6 Å². The summed E-state index contributed by atoms with van der Waals surface area (Å²) in [5.41, 5.74) is 1.17. The molecule has 2 rings (SSSR count). The summed E-state index contributed by atoms with van der Waals surface area (Å²) in [5.74, 6) is 0.131. The van der Waals surface area contributed by atoms with Gasteiger partial charge in [0.1, 0.15) is 0 Å². The molecule has 17 heavy (non-hydrogen) atoms. The van der Waals surface area contributed by atoms with E-state index < -0.39 is 0 Å². The van der Waals surface area contributed by atoms with E-state index in [1.54, 1.807) is 25.5 Å². The molecule has 86 valence electrons. The Balaban J connectivity index is 2.20. The lowest BCUT2D eigenvalue weighted by Crippen LogP contribution is -2.15. The highest BCUT2D eigenvalue weighted by Crippen LogP contribution is 2.13. The molecule has 0 aliphatic heterocycles. The minimum absolute atomic E-state index is 0.275. The van der Waals surface area contributed by atoms with Crippen LogP contribution in [0.1, 0.15) is 10.4 Å². The second-order valence-corrected chi connectivity index (χ2v) is 3.22. The summed E-state index contributed by atoms with van der Waals surface area (Å²) in [6, 6.07) is 1.73. The van der Waals surface area contributed by atoms with Gasteiger partial charge >= 0.3 is 0 Å². The normalized spacial score (nSPS) is 9.71. The molecule has 0 bridgehead atoms. The summed E-state index contributed by atoms with van der Waals surface area (Å²) < 4.78 is 0. The SMILES string of the molecule is CNc1ccncc1C(=O)Nc1cnccn1. The average Bonchev–Trinajstić information content (AvgIpc) is 2.40. The van der Waals surface area contributed by atoms with Gasteiger partial charge in [0.15, 0.2) is 5.82 Å². The highest BCUT2D eigenvalue weighted by molar-refractivity contribution is 6.07. The third-order valence-electron chi connectivity index (χ3n) is 2.14. The number of hydrogen-bond acceptors (Lipinski definition) is 5. The Morgan fingerprint density at radius 3 is 2.71 bits per heavy atom. The second-order valence-electron chi connectivity index (χ2n) is 3.22. The molecule has 0 spiro atoms. The van der Waals surface area contributed by atoms with Crippen molar-refractivity contribution < 1.29 is 4.79 Å². The number of carbonyl (C=O) groups is 1. The van der Waals surface area contributed by atoms with Crippen LogP contribution in [0.15, 0.2) is 37.1 Å². The summed E-state index contributed by atoms with van der Waals surface area (Å²) in [5, 5.41) is 5.57. The highest BCUT2D eigenvalue weighted by Gasteiger charge is 2.11. The van der Waals surface area contributed by atoms with Gasteiger partial charge in [0, 0.05) is 37.5 Å². The minimum atomic E-state index is -0.275. The third-order valence-corrected chi connectivity index (χ3v) is 2.14. The van der Waals surface area contributed by atoms with Gasteiger partial charge in [-0.25, -0.2) is 4.98 Å². The number of amides is 1. The molecule has 2 N–H and O–H groups in total. The van der Waals surface area contributed by atoms with Gasteiger partial charge in [-0.2, -0.15) is 0 Å². The Labute approximate surface area is 98.1 Å². The average molecular weight is 229 g/mol. The third kappa shape index (κ3) is 2.54. The van der Waals surface area contributed by atoms with Crippen molar-refractivity contribution in [2.75, 3.05) is 17.7 Å². The van der Waals surface area contributed by atoms with Crippen LogP contribution in [-0.4, -0.2) is 27.9 Å². The number of hydrogen-bond donors (Lipinski definition) is 2. The number of anilines is 2. The molecular weight excluding hydrogens is 218 g/mol. The van der Waals surface area contributed by atoms with Gasteiger partial charge in [0.25, 0.3) is 5.91 Å². The van der Waals surface area contributed by atoms with Crippen LogP contribution in [0.3, 0.4) is 0 Å². The van der Waals surface area contributed by atoms with Gasteiger partial charge in [0.2, 0.25) is 0 Å². The quantitative estimate of drug-likeness (QED) is 0.825. The number of pyridine rings is 1. The molecule has 2 heterocycles. The number of aromatic nitrogens is 3. The molecule has 6 nitrogen and oxygen atoms in total. The Morgan fingerprint density at radius 1 is 1.18 bits per heavy atom. The summed E-state index contributed by atoms with van der Waals surface area (Å²) in [6.07, 6.45) is 7.65. The maximum absolute atomic E-state index is 11.9. The number of nitrogens with one attached hydrogen (secondary N) is 2. The van der Waals surface area contributed by atoms with Crippen LogP contribution in [0, 0.1) is 0 Å². The van der Waals surface area contributed by atoms with Crippen LogP contribution in [0.5, 0.6) is 0 Å².